The van der Waals surface area contributed by atoms with Crippen LogP contribution in [0.4, 0.5) is 23.2 Å². The molecule has 218 valence electrons. The second-order valence-corrected chi connectivity index (χ2v) is 9.85. The van der Waals surface area contributed by atoms with Crippen molar-refractivity contribution in [1.82, 2.24) is 14.7 Å². The molecule has 1 saturated carbocycles. The summed E-state index contributed by atoms with van der Waals surface area (Å²) in [5, 5.41) is 7.14. The molecule has 3 atom stereocenters. The molecule has 14 heteroatoms. The molecule has 1 aromatic heterocycles. The van der Waals surface area contributed by atoms with Crippen LogP contribution in [0.2, 0.25) is 0 Å². The quantitative estimate of drug-likeness (QED) is 0.221. The Hall–Kier alpha value is -4.20. The Labute approximate surface area is 231 Å². The number of ether oxygens (including phenoxy) is 3. The Kier molecular flexibility index (Phi) is 7.60. The second-order valence-electron chi connectivity index (χ2n) is 9.85. The van der Waals surface area contributed by atoms with Gasteiger partial charge >= 0.3 is 6.36 Å². The molecule has 5 rings (SSSR count). The number of benzene rings is 2. The molecule has 10 nitrogen and oxygen atoms in total. The number of carbonyl (C=O) groups is 3. The van der Waals surface area contributed by atoms with Crippen LogP contribution >= 0.6 is 0 Å². The van der Waals surface area contributed by atoms with Crippen LogP contribution in [0, 0.1) is 11.7 Å². The van der Waals surface area contributed by atoms with Crippen LogP contribution in [-0.4, -0.2) is 71.0 Å². The number of hydrogen-bond donors (Lipinski definition) is 1. The first-order chi connectivity index (χ1) is 19.5. The summed E-state index contributed by atoms with van der Waals surface area (Å²) in [5.41, 5.74) is 0.164. The van der Waals surface area contributed by atoms with Crippen LogP contribution in [0.15, 0.2) is 36.4 Å². The lowest BCUT2D eigenvalue weighted by molar-refractivity contribution is -0.275. The van der Waals surface area contributed by atoms with Gasteiger partial charge in [0.05, 0.1) is 17.8 Å². The highest BCUT2D eigenvalue weighted by Crippen LogP contribution is 2.48. The van der Waals surface area contributed by atoms with Gasteiger partial charge in [0.15, 0.2) is 17.3 Å². The molecular formula is C27H26F4N4O6. The van der Waals surface area contributed by atoms with E-state index in [9.17, 15) is 31.9 Å². The maximum atomic E-state index is 14.6. The van der Waals surface area contributed by atoms with E-state index in [0.29, 0.717) is 42.7 Å². The molecule has 2 heterocycles. The van der Waals surface area contributed by atoms with Crippen LogP contribution in [-0.2, 0) is 20.9 Å². The summed E-state index contributed by atoms with van der Waals surface area (Å²) >= 11 is 0. The number of hydrogen-bond acceptors (Lipinski definition) is 7. The van der Waals surface area contributed by atoms with Crippen molar-refractivity contribution >= 4 is 34.2 Å². The van der Waals surface area contributed by atoms with Gasteiger partial charge in [0.2, 0.25) is 11.8 Å². The van der Waals surface area contributed by atoms with E-state index in [1.165, 1.54) is 16.5 Å². The fourth-order valence-electron chi connectivity index (χ4n) is 5.16. The molecule has 1 unspecified atom stereocenters. The third kappa shape index (κ3) is 5.97. The van der Waals surface area contributed by atoms with Crippen molar-refractivity contribution in [2.45, 2.75) is 44.8 Å². The first kappa shape index (κ1) is 28.3. The highest BCUT2D eigenvalue weighted by molar-refractivity contribution is 6.05. The van der Waals surface area contributed by atoms with Crippen molar-refractivity contribution in [2.24, 2.45) is 5.92 Å². The monoisotopic (exact) mass is 578 g/mol. The average Bonchev–Trinajstić information content (AvgIpc) is 3.41. The number of nitrogens with zero attached hydrogens (tertiary/aromatic N) is 3. The first-order valence-corrected chi connectivity index (χ1v) is 12.8. The maximum absolute atomic E-state index is 14.6. The van der Waals surface area contributed by atoms with E-state index in [1.807, 2.05) is 0 Å². The summed E-state index contributed by atoms with van der Waals surface area (Å²) < 4.78 is 68.1. The number of carbonyl (C=O) groups excluding carboxylic acids is 3. The highest BCUT2D eigenvalue weighted by atomic mass is 19.4. The van der Waals surface area contributed by atoms with E-state index in [0.717, 1.165) is 18.2 Å². The molecule has 0 radical (unpaired) electrons. The van der Waals surface area contributed by atoms with Crippen molar-refractivity contribution in [2.75, 3.05) is 25.6 Å². The van der Waals surface area contributed by atoms with Crippen molar-refractivity contribution in [3.8, 4) is 11.5 Å². The Bertz CT molecular complexity index is 1510. The lowest BCUT2D eigenvalue weighted by Gasteiger charge is -2.27. The molecule has 1 N–H and O–H groups in total. The Morgan fingerprint density at radius 1 is 1.12 bits per heavy atom. The molecule has 41 heavy (non-hydrogen) atoms. The van der Waals surface area contributed by atoms with E-state index in [-0.39, 0.29) is 30.0 Å². The molecule has 2 amide bonds. The number of halogens is 4. The topological polar surface area (TPSA) is 112 Å². The van der Waals surface area contributed by atoms with Gasteiger partial charge in [-0.05, 0) is 49.1 Å². The Balaban J connectivity index is 1.34. The number of methoxy groups -OCH3 is 1. The Morgan fingerprint density at radius 3 is 2.61 bits per heavy atom. The normalized spacial score (nSPS) is 19.7. The smallest absolute Gasteiger partial charge is 0.491 e. The van der Waals surface area contributed by atoms with Crippen molar-refractivity contribution in [1.29, 1.82) is 0 Å². The predicted octanol–water partition coefficient (Wildman–Crippen LogP) is 3.93. The fraction of sp³-hybridized carbons (Fsp3) is 0.407. The zero-order valence-electron chi connectivity index (χ0n) is 22.0. The van der Waals surface area contributed by atoms with Gasteiger partial charge in [-0.2, -0.15) is 5.10 Å². The van der Waals surface area contributed by atoms with E-state index >= 15 is 0 Å². The summed E-state index contributed by atoms with van der Waals surface area (Å²) in [6.45, 7) is 1.76. The maximum Gasteiger partial charge on any atom is 0.573 e. The van der Waals surface area contributed by atoms with Gasteiger partial charge in [-0.3, -0.25) is 19.1 Å². The number of nitrogens with one attached hydrogen (secondary N) is 1. The lowest BCUT2D eigenvalue weighted by Crippen LogP contribution is -2.46. The summed E-state index contributed by atoms with van der Waals surface area (Å²) in [7, 11) is 1.54. The van der Waals surface area contributed by atoms with Crippen molar-refractivity contribution < 1.29 is 46.2 Å². The SMILES string of the molecule is COCCOc1ccc2c(c1)c(C(C)=O)nn2CC(=O)N1[C@@H]2CC2C[C@H]1C(=O)Nc1cccc(OC(F)(F)F)c1F. The van der Waals surface area contributed by atoms with Gasteiger partial charge in [-0.1, -0.05) is 6.07 Å². The predicted molar refractivity (Wildman–Crippen MR) is 136 cm³/mol. The summed E-state index contributed by atoms with van der Waals surface area (Å²) in [6, 6.07) is 6.85. The number of alkyl halides is 3. The van der Waals surface area contributed by atoms with Gasteiger partial charge in [0.25, 0.3) is 0 Å². The minimum absolute atomic E-state index is 0.0772. The standard InChI is InChI=1S/C27H26F4N4O6/c1-14(36)25-17-12-16(40-9-8-39-2)6-7-19(17)34(33-25)13-23(37)35-20-10-15(20)11-21(35)26(38)32-18-4-3-5-22(24(18)28)41-27(29,30)31/h3-7,12,15,20-21H,8-11,13H2,1-2H3,(H,32,38)/t15?,20-,21+/m1/s1. The summed E-state index contributed by atoms with van der Waals surface area (Å²) in [5.74, 6) is -3.38. The Morgan fingerprint density at radius 2 is 1.90 bits per heavy atom. The largest absolute Gasteiger partial charge is 0.573 e. The molecule has 2 aromatic carbocycles. The number of ketones is 1. The van der Waals surface area contributed by atoms with E-state index in [1.54, 1.807) is 25.3 Å². The van der Waals surface area contributed by atoms with Crippen LogP contribution in [0.3, 0.4) is 0 Å². The highest BCUT2D eigenvalue weighted by Gasteiger charge is 2.56. The molecule has 0 spiro atoms. The van der Waals surface area contributed by atoms with Crippen LogP contribution in [0.1, 0.15) is 30.3 Å². The van der Waals surface area contributed by atoms with Gasteiger partial charge in [0, 0.05) is 25.5 Å². The molecule has 2 aliphatic rings. The molecular weight excluding hydrogens is 552 g/mol. The number of likely N-dealkylation sites (tertiary alicyclic amines) is 1. The number of fused-ring (bicyclic) bond motifs is 2. The number of Topliss-reactive ketones (excluding diaryl/α,β-unsaturated/α-hetero) is 1. The van der Waals surface area contributed by atoms with Crippen molar-refractivity contribution in [3.63, 3.8) is 0 Å². The summed E-state index contributed by atoms with van der Waals surface area (Å²) in [4.78, 5) is 40.3. The third-order valence-corrected chi connectivity index (χ3v) is 7.04. The van der Waals surface area contributed by atoms with Crippen LogP contribution in [0.25, 0.3) is 10.9 Å². The minimum Gasteiger partial charge on any atom is -0.491 e. The number of anilines is 1. The summed E-state index contributed by atoms with van der Waals surface area (Å²) in [6.07, 6.45) is -4.10. The zero-order chi connectivity index (χ0) is 29.5. The molecule has 1 aliphatic heterocycles. The van der Waals surface area contributed by atoms with Crippen LogP contribution < -0.4 is 14.8 Å². The van der Waals surface area contributed by atoms with E-state index in [2.05, 4.69) is 15.2 Å². The van der Waals surface area contributed by atoms with Gasteiger partial charge < -0.3 is 24.4 Å². The van der Waals surface area contributed by atoms with Crippen LogP contribution in [0.5, 0.6) is 11.5 Å². The van der Waals surface area contributed by atoms with E-state index in [4.69, 9.17) is 9.47 Å². The average molecular weight is 579 g/mol. The zero-order valence-corrected chi connectivity index (χ0v) is 22.0. The molecule has 0 bridgehead atoms. The minimum atomic E-state index is -5.11. The van der Waals surface area contributed by atoms with Gasteiger partial charge in [0.1, 0.15) is 30.6 Å². The lowest BCUT2D eigenvalue weighted by atomic mass is 10.1. The molecule has 3 aromatic rings. The van der Waals surface area contributed by atoms with Crippen molar-refractivity contribution in [3.05, 3.63) is 47.9 Å². The second kappa shape index (κ2) is 11.0. The number of rotatable bonds is 10. The number of amides is 2. The third-order valence-electron chi connectivity index (χ3n) is 7.04. The molecule has 2 fully saturated rings. The van der Waals surface area contributed by atoms with Gasteiger partial charge in [-0.25, -0.2) is 4.39 Å². The number of aromatic nitrogens is 2. The molecule has 1 aliphatic carbocycles. The number of piperidine rings is 1. The van der Waals surface area contributed by atoms with E-state index < -0.39 is 41.5 Å². The van der Waals surface area contributed by atoms with Gasteiger partial charge in [-0.15, -0.1) is 13.2 Å². The molecule has 1 saturated heterocycles. The fourth-order valence-corrected chi connectivity index (χ4v) is 5.16. The first-order valence-electron chi connectivity index (χ1n) is 12.8.